The summed E-state index contributed by atoms with van der Waals surface area (Å²) < 4.78 is 6.12. The molecule has 102 valence electrons. The molecule has 0 aliphatic carbocycles. The van der Waals surface area contributed by atoms with E-state index in [9.17, 15) is 0 Å². The fourth-order valence-electron chi connectivity index (χ4n) is 1.80. The van der Waals surface area contributed by atoms with Gasteiger partial charge in [-0.3, -0.25) is 0 Å². The fraction of sp³-hybridized carbons (Fsp3) is 0.625. The van der Waals surface area contributed by atoms with E-state index in [1.54, 1.807) is 0 Å². The molecule has 2 heteroatoms. The third-order valence-electron chi connectivity index (χ3n) is 2.98. The van der Waals surface area contributed by atoms with E-state index in [0.29, 0.717) is 0 Å². The standard InChI is InChI=1S/C16H27NO/c1-6-15(12-17-16(3,4)5)18-13(2)14-10-8-7-9-11-14/h7-11,13,15,17H,6,12H2,1-5H3. The van der Waals surface area contributed by atoms with Gasteiger partial charge in [-0.25, -0.2) is 0 Å². The molecule has 18 heavy (non-hydrogen) atoms. The Hall–Kier alpha value is -0.860. The van der Waals surface area contributed by atoms with Crippen LogP contribution in [0.2, 0.25) is 0 Å². The molecule has 1 N–H and O–H groups in total. The van der Waals surface area contributed by atoms with Gasteiger partial charge in [0.05, 0.1) is 12.2 Å². The predicted molar refractivity (Wildman–Crippen MR) is 77.8 cm³/mol. The van der Waals surface area contributed by atoms with Crippen LogP contribution in [0.15, 0.2) is 30.3 Å². The van der Waals surface area contributed by atoms with E-state index in [1.807, 2.05) is 6.07 Å². The Labute approximate surface area is 112 Å². The third-order valence-corrected chi connectivity index (χ3v) is 2.98. The van der Waals surface area contributed by atoms with E-state index < -0.39 is 0 Å². The maximum Gasteiger partial charge on any atom is 0.0801 e. The molecule has 0 spiro atoms. The molecular weight excluding hydrogens is 222 g/mol. The van der Waals surface area contributed by atoms with Crippen molar-refractivity contribution in [2.75, 3.05) is 6.54 Å². The van der Waals surface area contributed by atoms with E-state index in [-0.39, 0.29) is 17.7 Å². The van der Waals surface area contributed by atoms with Crippen LogP contribution in [0.25, 0.3) is 0 Å². The van der Waals surface area contributed by atoms with E-state index in [2.05, 4.69) is 64.2 Å². The monoisotopic (exact) mass is 249 g/mol. The SMILES string of the molecule is CCC(CNC(C)(C)C)OC(C)c1ccccc1. The number of ether oxygens (including phenoxy) is 1. The molecule has 0 radical (unpaired) electrons. The Balaban J connectivity index is 2.48. The highest BCUT2D eigenvalue weighted by atomic mass is 16.5. The van der Waals surface area contributed by atoms with Gasteiger partial charge in [-0.15, -0.1) is 0 Å². The van der Waals surface area contributed by atoms with Gasteiger partial charge < -0.3 is 10.1 Å². The van der Waals surface area contributed by atoms with Crippen LogP contribution in [0.5, 0.6) is 0 Å². The van der Waals surface area contributed by atoms with E-state index >= 15 is 0 Å². The topological polar surface area (TPSA) is 21.3 Å². The zero-order valence-corrected chi connectivity index (χ0v) is 12.4. The average molecular weight is 249 g/mol. The summed E-state index contributed by atoms with van der Waals surface area (Å²) in [6, 6.07) is 10.4. The van der Waals surface area contributed by atoms with Gasteiger partial charge in [0.2, 0.25) is 0 Å². The zero-order chi connectivity index (χ0) is 13.6. The Morgan fingerprint density at radius 2 is 1.78 bits per heavy atom. The van der Waals surface area contributed by atoms with E-state index in [0.717, 1.165) is 13.0 Å². The largest absolute Gasteiger partial charge is 0.369 e. The van der Waals surface area contributed by atoms with Crippen LogP contribution in [0.4, 0.5) is 0 Å². The Kier molecular flexibility index (Phi) is 5.83. The number of hydrogen-bond acceptors (Lipinski definition) is 2. The van der Waals surface area contributed by atoms with Crippen molar-refractivity contribution in [3.8, 4) is 0 Å². The Morgan fingerprint density at radius 1 is 1.17 bits per heavy atom. The van der Waals surface area contributed by atoms with E-state index in [4.69, 9.17) is 4.74 Å². The maximum absolute atomic E-state index is 6.12. The zero-order valence-electron chi connectivity index (χ0n) is 12.4. The Morgan fingerprint density at radius 3 is 2.28 bits per heavy atom. The second-order valence-corrected chi connectivity index (χ2v) is 5.85. The molecule has 2 atom stereocenters. The number of nitrogens with one attached hydrogen (secondary N) is 1. The molecule has 1 aromatic rings. The van der Waals surface area contributed by atoms with Crippen LogP contribution in [-0.2, 0) is 4.74 Å². The van der Waals surface area contributed by atoms with Crippen molar-refractivity contribution in [1.29, 1.82) is 0 Å². The molecule has 0 aliphatic heterocycles. The van der Waals surface area contributed by atoms with Crippen molar-refractivity contribution in [3.05, 3.63) is 35.9 Å². The van der Waals surface area contributed by atoms with Crippen molar-refractivity contribution >= 4 is 0 Å². The summed E-state index contributed by atoms with van der Waals surface area (Å²) in [5.41, 5.74) is 1.39. The molecule has 0 amide bonds. The predicted octanol–water partition coefficient (Wildman–Crippen LogP) is 3.93. The van der Waals surface area contributed by atoms with Gasteiger partial charge >= 0.3 is 0 Å². The van der Waals surface area contributed by atoms with Crippen LogP contribution in [-0.4, -0.2) is 18.2 Å². The third kappa shape index (κ3) is 5.65. The minimum absolute atomic E-state index is 0.146. The molecule has 0 saturated heterocycles. The van der Waals surface area contributed by atoms with Crippen molar-refractivity contribution in [1.82, 2.24) is 5.32 Å². The van der Waals surface area contributed by atoms with Gasteiger partial charge in [-0.2, -0.15) is 0 Å². The first-order valence-electron chi connectivity index (χ1n) is 6.88. The summed E-state index contributed by atoms with van der Waals surface area (Å²) in [5.74, 6) is 0. The summed E-state index contributed by atoms with van der Waals surface area (Å²) in [6.45, 7) is 11.7. The number of hydrogen-bond donors (Lipinski definition) is 1. The summed E-state index contributed by atoms with van der Waals surface area (Å²) >= 11 is 0. The molecule has 0 saturated carbocycles. The second kappa shape index (κ2) is 6.91. The second-order valence-electron chi connectivity index (χ2n) is 5.85. The van der Waals surface area contributed by atoms with Crippen molar-refractivity contribution < 1.29 is 4.74 Å². The molecule has 0 fully saturated rings. The maximum atomic E-state index is 6.12. The molecular formula is C16H27NO. The lowest BCUT2D eigenvalue weighted by molar-refractivity contribution is -0.00730. The lowest BCUT2D eigenvalue weighted by atomic mass is 10.1. The highest BCUT2D eigenvalue weighted by Gasteiger charge is 2.16. The smallest absolute Gasteiger partial charge is 0.0801 e. The lowest BCUT2D eigenvalue weighted by Crippen LogP contribution is -2.41. The van der Waals surface area contributed by atoms with Crippen LogP contribution >= 0.6 is 0 Å². The molecule has 0 aliphatic rings. The van der Waals surface area contributed by atoms with Gasteiger partial charge in [0.15, 0.2) is 0 Å². The molecule has 1 rings (SSSR count). The van der Waals surface area contributed by atoms with Crippen LogP contribution in [0, 0.1) is 0 Å². The van der Waals surface area contributed by atoms with Crippen molar-refractivity contribution in [2.45, 2.75) is 58.8 Å². The minimum Gasteiger partial charge on any atom is -0.369 e. The summed E-state index contributed by atoms with van der Waals surface area (Å²) in [7, 11) is 0. The summed E-state index contributed by atoms with van der Waals surface area (Å²) in [4.78, 5) is 0. The molecule has 0 bridgehead atoms. The highest BCUT2D eigenvalue weighted by Crippen LogP contribution is 2.19. The molecule has 2 nitrogen and oxygen atoms in total. The first-order valence-corrected chi connectivity index (χ1v) is 6.88. The van der Waals surface area contributed by atoms with Crippen LogP contribution < -0.4 is 5.32 Å². The van der Waals surface area contributed by atoms with Gasteiger partial charge in [0, 0.05) is 12.1 Å². The van der Waals surface area contributed by atoms with Gasteiger partial charge in [-0.05, 0) is 39.7 Å². The molecule has 1 aromatic carbocycles. The van der Waals surface area contributed by atoms with Crippen LogP contribution in [0.3, 0.4) is 0 Å². The molecule has 2 unspecified atom stereocenters. The fourth-order valence-corrected chi connectivity index (χ4v) is 1.80. The normalized spacial score (nSPS) is 15.4. The first-order chi connectivity index (χ1) is 8.42. The molecule has 0 heterocycles. The molecule has 0 aromatic heterocycles. The quantitative estimate of drug-likeness (QED) is 0.824. The lowest BCUT2D eigenvalue weighted by Gasteiger charge is -2.27. The van der Waals surface area contributed by atoms with Gasteiger partial charge in [0.25, 0.3) is 0 Å². The average Bonchev–Trinajstić information content (AvgIpc) is 2.34. The minimum atomic E-state index is 0.146. The van der Waals surface area contributed by atoms with E-state index in [1.165, 1.54) is 5.56 Å². The number of rotatable bonds is 6. The number of benzene rings is 1. The summed E-state index contributed by atoms with van der Waals surface area (Å²) in [6.07, 6.45) is 1.44. The van der Waals surface area contributed by atoms with Crippen LogP contribution in [0.1, 0.15) is 52.7 Å². The highest BCUT2D eigenvalue weighted by molar-refractivity contribution is 5.16. The van der Waals surface area contributed by atoms with Gasteiger partial charge in [-0.1, -0.05) is 37.3 Å². The van der Waals surface area contributed by atoms with Crippen molar-refractivity contribution in [3.63, 3.8) is 0 Å². The van der Waals surface area contributed by atoms with Crippen molar-refractivity contribution in [2.24, 2.45) is 0 Å². The van der Waals surface area contributed by atoms with Gasteiger partial charge in [0.1, 0.15) is 0 Å². The Bertz CT molecular complexity index is 329. The first kappa shape index (κ1) is 15.2. The summed E-state index contributed by atoms with van der Waals surface area (Å²) in [5, 5.41) is 3.50.